The minimum Gasteiger partial charge on any atom is -0.355 e. The van der Waals surface area contributed by atoms with E-state index in [-0.39, 0.29) is 23.0 Å². The Kier molecular flexibility index (Phi) is 9.41. The fourth-order valence-corrected chi connectivity index (χ4v) is 5.38. The van der Waals surface area contributed by atoms with Crippen molar-refractivity contribution in [1.82, 2.24) is 10.2 Å². The monoisotopic (exact) mass is 525 g/mol. The molecule has 0 bridgehead atoms. The summed E-state index contributed by atoms with van der Waals surface area (Å²) in [7, 11) is -4.19. The molecule has 0 saturated heterocycles. The second-order valence-corrected chi connectivity index (χ2v) is 10.5. The summed E-state index contributed by atoms with van der Waals surface area (Å²) in [4.78, 5) is 28.1. The molecule has 0 aliphatic carbocycles. The van der Waals surface area contributed by atoms with Crippen LogP contribution < -0.4 is 9.62 Å². The molecule has 0 aliphatic rings. The van der Waals surface area contributed by atoms with Crippen molar-refractivity contribution in [2.45, 2.75) is 44.7 Å². The van der Waals surface area contributed by atoms with Gasteiger partial charge in [0.15, 0.2) is 0 Å². The van der Waals surface area contributed by atoms with E-state index in [1.165, 1.54) is 29.2 Å². The number of aryl methyl sites for hydroxylation is 1. The van der Waals surface area contributed by atoms with Crippen LogP contribution in [0.3, 0.4) is 0 Å². The van der Waals surface area contributed by atoms with Gasteiger partial charge in [-0.05, 0) is 62.2 Å². The fourth-order valence-electron chi connectivity index (χ4n) is 3.97. The van der Waals surface area contributed by atoms with Crippen LogP contribution >= 0.6 is 0 Å². The van der Waals surface area contributed by atoms with Gasteiger partial charge >= 0.3 is 0 Å². The lowest BCUT2D eigenvalue weighted by Crippen LogP contribution is -2.52. The lowest BCUT2D eigenvalue weighted by atomic mass is 10.1. The van der Waals surface area contributed by atoms with E-state index in [4.69, 9.17) is 0 Å². The fraction of sp³-hybridized carbons (Fsp3) is 0.286. The van der Waals surface area contributed by atoms with Crippen molar-refractivity contribution in [3.63, 3.8) is 0 Å². The number of anilines is 1. The van der Waals surface area contributed by atoms with Crippen molar-refractivity contribution in [2.24, 2.45) is 0 Å². The third-order valence-corrected chi connectivity index (χ3v) is 7.72. The summed E-state index contributed by atoms with van der Waals surface area (Å²) in [5, 5.41) is 2.76. The van der Waals surface area contributed by atoms with Crippen LogP contribution in [0.25, 0.3) is 0 Å². The van der Waals surface area contributed by atoms with E-state index in [0.717, 1.165) is 27.6 Å². The first-order valence-electron chi connectivity index (χ1n) is 12.1. The number of benzene rings is 3. The van der Waals surface area contributed by atoms with Crippen LogP contribution in [0, 0.1) is 12.7 Å². The number of hydrogen-bond donors (Lipinski definition) is 1. The average molecular weight is 526 g/mol. The predicted octanol–water partition coefficient (Wildman–Crippen LogP) is 4.27. The van der Waals surface area contributed by atoms with Crippen molar-refractivity contribution in [3.8, 4) is 0 Å². The van der Waals surface area contributed by atoms with Gasteiger partial charge in [0.1, 0.15) is 18.4 Å². The molecule has 0 aromatic heterocycles. The maximum atomic E-state index is 13.8. The van der Waals surface area contributed by atoms with E-state index in [2.05, 4.69) is 5.32 Å². The molecule has 196 valence electrons. The molecule has 1 atom stereocenters. The molecule has 9 heteroatoms. The van der Waals surface area contributed by atoms with Gasteiger partial charge in [-0.25, -0.2) is 12.8 Å². The molecule has 0 radical (unpaired) electrons. The highest BCUT2D eigenvalue weighted by atomic mass is 32.2. The highest BCUT2D eigenvalue weighted by molar-refractivity contribution is 7.92. The van der Waals surface area contributed by atoms with Crippen LogP contribution in [0.2, 0.25) is 0 Å². The second-order valence-electron chi connectivity index (χ2n) is 8.63. The van der Waals surface area contributed by atoms with Crippen LogP contribution in [0.5, 0.6) is 0 Å². The predicted molar refractivity (Wildman–Crippen MR) is 142 cm³/mol. The molecular weight excluding hydrogens is 493 g/mol. The average Bonchev–Trinajstić information content (AvgIpc) is 2.88. The third-order valence-electron chi connectivity index (χ3n) is 5.94. The largest absolute Gasteiger partial charge is 0.355 e. The zero-order chi connectivity index (χ0) is 27.0. The summed E-state index contributed by atoms with van der Waals surface area (Å²) >= 11 is 0. The Labute approximate surface area is 218 Å². The number of amides is 2. The number of rotatable bonds is 11. The molecule has 0 aliphatic heterocycles. The Balaban J connectivity index is 2.04. The Hall–Kier alpha value is -3.72. The van der Waals surface area contributed by atoms with Crippen molar-refractivity contribution >= 4 is 27.5 Å². The van der Waals surface area contributed by atoms with Crippen molar-refractivity contribution in [3.05, 3.63) is 95.8 Å². The second kappa shape index (κ2) is 12.5. The van der Waals surface area contributed by atoms with Crippen molar-refractivity contribution < 1.29 is 22.4 Å². The lowest BCUT2D eigenvalue weighted by Gasteiger charge is -2.33. The van der Waals surface area contributed by atoms with Gasteiger partial charge in [-0.1, -0.05) is 55.0 Å². The first-order chi connectivity index (χ1) is 17.7. The zero-order valence-electron chi connectivity index (χ0n) is 21.2. The van der Waals surface area contributed by atoms with Crippen molar-refractivity contribution in [1.29, 1.82) is 0 Å². The molecular formula is C28H32FN3O4S. The molecule has 3 aromatic rings. The molecule has 1 unspecified atom stereocenters. The third kappa shape index (κ3) is 6.95. The minimum atomic E-state index is -4.19. The normalized spacial score (nSPS) is 12.0. The van der Waals surface area contributed by atoms with E-state index < -0.39 is 34.3 Å². The summed E-state index contributed by atoms with van der Waals surface area (Å²) in [6.07, 6.45) is 0.339. The summed E-state index contributed by atoms with van der Waals surface area (Å²) in [6, 6.07) is 19.6. The number of halogens is 1. The molecule has 0 saturated carbocycles. The van der Waals surface area contributed by atoms with E-state index in [1.54, 1.807) is 26.0 Å². The molecule has 7 nitrogen and oxygen atoms in total. The van der Waals surface area contributed by atoms with Gasteiger partial charge in [0.25, 0.3) is 10.0 Å². The highest BCUT2D eigenvalue weighted by Gasteiger charge is 2.33. The smallest absolute Gasteiger partial charge is 0.264 e. The number of nitrogens with one attached hydrogen (secondary N) is 1. The summed E-state index contributed by atoms with van der Waals surface area (Å²) in [5.74, 6) is -1.40. The number of carbonyl (C=O) groups is 2. The Bertz CT molecular complexity index is 1300. The number of likely N-dealkylation sites (N-methyl/N-ethyl adjacent to an activating group) is 1. The van der Waals surface area contributed by atoms with Gasteiger partial charge in [-0.3, -0.25) is 13.9 Å². The maximum absolute atomic E-state index is 13.8. The Morgan fingerprint density at radius 3 is 2.11 bits per heavy atom. The van der Waals surface area contributed by atoms with Crippen LogP contribution in [-0.2, 0) is 26.2 Å². The number of nitrogens with zero attached hydrogens (tertiary/aromatic N) is 2. The minimum absolute atomic E-state index is 0.000557. The summed E-state index contributed by atoms with van der Waals surface area (Å²) in [6.45, 7) is 5.38. The number of hydrogen-bond acceptors (Lipinski definition) is 4. The molecule has 0 fully saturated rings. The summed E-state index contributed by atoms with van der Waals surface area (Å²) < 4.78 is 42.0. The standard InChI is InChI=1S/C28H32FN3O4S/c1-4-26(28(34)30-5-2)31(19-22-9-7-6-8-10-22)27(33)20-32(24-15-13-23(29)14-16-24)37(35,36)25-17-11-21(3)12-18-25/h6-18,26H,4-5,19-20H2,1-3H3,(H,30,34). The first kappa shape index (κ1) is 27.9. The quantitative estimate of drug-likeness (QED) is 0.405. The Morgan fingerprint density at radius 1 is 0.919 bits per heavy atom. The van der Waals surface area contributed by atoms with Crippen molar-refractivity contribution in [2.75, 3.05) is 17.4 Å². The first-order valence-corrected chi connectivity index (χ1v) is 13.6. The van der Waals surface area contributed by atoms with Gasteiger partial charge < -0.3 is 10.2 Å². The highest BCUT2D eigenvalue weighted by Crippen LogP contribution is 2.25. The molecule has 2 amide bonds. The molecule has 37 heavy (non-hydrogen) atoms. The van der Waals surface area contributed by atoms with E-state index >= 15 is 0 Å². The van der Waals surface area contributed by atoms with Crippen LogP contribution in [0.1, 0.15) is 31.4 Å². The van der Waals surface area contributed by atoms with Crippen LogP contribution in [-0.4, -0.2) is 44.3 Å². The van der Waals surface area contributed by atoms with Crippen LogP contribution in [0.4, 0.5) is 10.1 Å². The SMILES string of the molecule is CCNC(=O)C(CC)N(Cc1ccccc1)C(=O)CN(c1ccc(F)cc1)S(=O)(=O)c1ccc(C)cc1. The van der Waals surface area contributed by atoms with E-state index in [9.17, 15) is 22.4 Å². The zero-order valence-corrected chi connectivity index (χ0v) is 22.0. The number of carbonyl (C=O) groups excluding carboxylic acids is 2. The van der Waals surface area contributed by atoms with Crippen LogP contribution in [0.15, 0.2) is 83.8 Å². The Morgan fingerprint density at radius 2 is 1.54 bits per heavy atom. The van der Waals surface area contributed by atoms with Gasteiger partial charge in [0.2, 0.25) is 11.8 Å². The van der Waals surface area contributed by atoms with E-state index in [1.807, 2.05) is 37.3 Å². The molecule has 3 aromatic carbocycles. The number of sulfonamides is 1. The molecule has 0 spiro atoms. The van der Waals surface area contributed by atoms with Gasteiger partial charge in [0, 0.05) is 13.1 Å². The topological polar surface area (TPSA) is 86.8 Å². The maximum Gasteiger partial charge on any atom is 0.264 e. The summed E-state index contributed by atoms with van der Waals surface area (Å²) in [5.41, 5.74) is 1.82. The van der Waals surface area contributed by atoms with E-state index in [0.29, 0.717) is 13.0 Å². The molecule has 1 N–H and O–H groups in total. The molecule has 3 rings (SSSR count). The lowest BCUT2D eigenvalue weighted by molar-refractivity contribution is -0.140. The molecule has 0 heterocycles. The van der Waals surface area contributed by atoms with Gasteiger partial charge in [0.05, 0.1) is 10.6 Å². The van der Waals surface area contributed by atoms with Gasteiger partial charge in [-0.15, -0.1) is 0 Å². The van der Waals surface area contributed by atoms with Gasteiger partial charge in [-0.2, -0.15) is 0 Å².